The molecule has 3 rings (SSSR count). The molecule has 4 nitrogen and oxygen atoms in total. The first-order valence-corrected chi connectivity index (χ1v) is 7.34. The van der Waals surface area contributed by atoms with E-state index in [1.165, 1.54) is 0 Å². The molecule has 1 aromatic carbocycles. The Balaban J connectivity index is 1.72. The van der Waals surface area contributed by atoms with Crippen molar-refractivity contribution in [2.75, 3.05) is 26.2 Å². The van der Waals surface area contributed by atoms with Gasteiger partial charge in [0.1, 0.15) is 12.4 Å². The van der Waals surface area contributed by atoms with Gasteiger partial charge in [-0.15, -0.1) is 0 Å². The number of nitrogens with zero attached hydrogens (tertiary/aromatic N) is 1. The number of rotatable bonds is 3. The van der Waals surface area contributed by atoms with E-state index in [0.29, 0.717) is 13.2 Å². The third kappa shape index (κ3) is 3.34. The summed E-state index contributed by atoms with van der Waals surface area (Å²) in [5.41, 5.74) is 6.93. The quantitative estimate of drug-likeness (QED) is 0.925. The van der Waals surface area contributed by atoms with Crippen molar-refractivity contribution in [3.05, 3.63) is 35.4 Å². The lowest BCUT2D eigenvalue weighted by Crippen LogP contribution is -2.37. The number of carbonyl (C=O) groups excluding carboxylic acids is 1. The Morgan fingerprint density at radius 2 is 2.04 bits per heavy atom. The molecule has 0 bridgehead atoms. The van der Waals surface area contributed by atoms with E-state index >= 15 is 0 Å². The van der Waals surface area contributed by atoms with E-state index in [1.807, 2.05) is 30.3 Å². The molecular formula is C16H17F3N2O2. The van der Waals surface area contributed by atoms with Crippen LogP contribution < -0.4 is 10.5 Å². The Morgan fingerprint density at radius 3 is 2.70 bits per heavy atom. The molecule has 2 N–H and O–H groups in total. The molecule has 0 spiro atoms. The SMILES string of the molecule is NC(=O)[C@@H]1CN(CC2=Cc3ccccc3OC2)C[C@H]1C(F)(F)F. The van der Waals surface area contributed by atoms with Crippen molar-refractivity contribution < 1.29 is 22.7 Å². The molecule has 1 saturated heterocycles. The van der Waals surface area contributed by atoms with Crippen LogP contribution in [-0.2, 0) is 4.79 Å². The van der Waals surface area contributed by atoms with E-state index < -0.39 is 23.9 Å². The number of hydrogen-bond donors (Lipinski definition) is 1. The highest BCUT2D eigenvalue weighted by Crippen LogP contribution is 2.38. The van der Waals surface area contributed by atoms with Gasteiger partial charge in [-0.2, -0.15) is 13.2 Å². The Morgan fingerprint density at radius 1 is 1.30 bits per heavy atom. The number of ether oxygens (including phenoxy) is 1. The zero-order valence-corrected chi connectivity index (χ0v) is 12.3. The minimum absolute atomic E-state index is 0.0263. The molecule has 23 heavy (non-hydrogen) atoms. The van der Waals surface area contributed by atoms with Gasteiger partial charge in [0.25, 0.3) is 0 Å². The second-order valence-corrected chi connectivity index (χ2v) is 5.98. The van der Waals surface area contributed by atoms with Gasteiger partial charge < -0.3 is 10.5 Å². The predicted molar refractivity (Wildman–Crippen MR) is 78.6 cm³/mol. The first-order valence-electron chi connectivity index (χ1n) is 7.34. The molecule has 2 atom stereocenters. The summed E-state index contributed by atoms with van der Waals surface area (Å²) in [6, 6.07) is 7.48. The predicted octanol–water partition coefficient (Wildman–Crippen LogP) is 2.06. The minimum Gasteiger partial charge on any atom is -0.489 e. The molecule has 2 aliphatic heterocycles. The number of para-hydroxylation sites is 1. The molecule has 2 heterocycles. The number of benzene rings is 1. The first kappa shape index (κ1) is 15.9. The number of nitrogens with two attached hydrogens (primary N) is 1. The number of fused-ring (bicyclic) bond motifs is 1. The van der Waals surface area contributed by atoms with Crippen molar-refractivity contribution in [2.45, 2.75) is 6.18 Å². The number of carbonyl (C=O) groups is 1. The summed E-state index contributed by atoms with van der Waals surface area (Å²) in [6.45, 7) is 0.491. The fourth-order valence-corrected chi connectivity index (χ4v) is 3.18. The lowest BCUT2D eigenvalue weighted by molar-refractivity contribution is -0.182. The molecule has 0 radical (unpaired) electrons. The topological polar surface area (TPSA) is 55.6 Å². The molecule has 2 aliphatic rings. The fourth-order valence-electron chi connectivity index (χ4n) is 3.18. The van der Waals surface area contributed by atoms with Crippen molar-refractivity contribution in [2.24, 2.45) is 17.6 Å². The standard InChI is InChI=1S/C16H17F3N2O2/c17-16(18,19)13-8-21(7-12(13)15(20)22)6-10-5-11-3-1-2-4-14(11)23-9-10/h1-5,12-13H,6-9H2,(H2,20,22)/t12-,13-/m1/s1. The van der Waals surface area contributed by atoms with E-state index in [0.717, 1.165) is 16.9 Å². The van der Waals surface area contributed by atoms with Crippen LogP contribution in [0.5, 0.6) is 5.75 Å². The maximum Gasteiger partial charge on any atom is 0.393 e. The van der Waals surface area contributed by atoms with Gasteiger partial charge in [-0.25, -0.2) is 0 Å². The molecule has 0 saturated carbocycles. The van der Waals surface area contributed by atoms with Gasteiger partial charge in [0.2, 0.25) is 5.91 Å². The number of amides is 1. The second-order valence-electron chi connectivity index (χ2n) is 5.98. The normalized spacial score (nSPS) is 24.7. The Labute approximate surface area is 131 Å². The third-order valence-electron chi connectivity index (χ3n) is 4.30. The number of halogens is 3. The van der Waals surface area contributed by atoms with Gasteiger partial charge in [-0.05, 0) is 17.7 Å². The molecule has 0 aliphatic carbocycles. The molecule has 0 unspecified atom stereocenters. The van der Waals surface area contributed by atoms with Gasteiger partial charge in [-0.1, -0.05) is 18.2 Å². The average molecular weight is 326 g/mol. The molecule has 124 valence electrons. The molecular weight excluding hydrogens is 309 g/mol. The highest BCUT2D eigenvalue weighted by atomic mass is 19.4. The lowest BCUT2D eigenvalue weighted by Gasteiger charge is -2.22. The first-order chi connectivity index (χ1) is 10.8. The summed E-state index contributed by atoms with van der Waals surface area (Å²) in [7, 11) is 0. The second kappa shape index (κ2) is 5.88. The zero-order chi connectivity index (χ0) is 16.6. The van der Waals surface area contributed by atoms with Crippen molar-refractivity contribution in [1.29, 1.82) is 0 Å². The van der Waals surface area contributed by atoms with Gasteiger partial charge in [-0.3, -0.25) is 9.69 Å². The maximum absolute atomic E-state index is 13.0. The van der Waals surface area contributed by atoms with Crippen molar-refractivity contribution >= 4 is 12.0 Å². The van der Waals surface area contributed by atoms with E-state index in [9.17, 15) is 18.0 Å². The van der Waals surface area contributed by atoms with Crippen LogP contribution in [0.1, 0.15) is 5.56 Å². The van der Waals surface area contributed by atoms with Gasteiger partial charge in [0, 0.05) is 25.2 Å². The molecule has 7 heteroatoms. The molecule has 0 aromatic heterocycles. The van der Waals surface area contributed by atoms with Crippen LogP contribution in [0.25, 0.3) is 6.08 Å². The summed E-state index contributed by atoms with van der Waals surface area (Å²) in [6.07, 6.45) is -2.49. The van der Waals surface area contributed by atoms with E-state index in [4.69, 9.17) is 10.5 Å². The zero-order valence-electron chi connectivity index (χ0n) is 12.3. The molecule has 1 amide bonds. The maximum atomic E-state index is 13.0. The van der Waals surface area contributed by atoms with Crippen LogP contribution in [-0.4, -0.2) is 43.2 Å². The summed E-state index contributed by atoms with van der Waals surface area (Å²) in [5.74, 6) is -3.01. The highest BCUT2D eigenvalue weighted by Gasteiger charge is 2.51. The Hall–Kier alpha value is -2.02. The molecule has 1 fully saturated rings. The van der Waals surface area contributed by atoms with E-state index in [1.54, 1.807) is 4.90 Å². The Bertz CT molecular complexity index is 642. The number of primary amides is 1. The number of hydrogen-bond acceptors (Lipinski definition) is 3. The summed E-state index contributed by atoms with van der Waals surface area (Å²) in [4.78, 5) is 12.9. The highest BCUT2D eigenvalue weighted by molar-refractivity contribution is 5.77. The average Bonchev–Trinajstić information content (AvgIpc) is 2.91. The smallest absolute Gasteiger partial charge is 0.393 e. The minimum atomic E-state index is -4.42. The van der Waals surface area contributed by atoms with Crippen molar-refractivity contribution in [3.8, 4) is 5.75 Å². The number of alkyl halides is 3. The lowest BCUT2D eigenvalue weighted by atomic mass is 9.95. The summed E-state index contributed by atoms with van der Waals surface area (Å²) >= 11 is 0. The number of likely N-dealkylation sites (tertiary alicyclic amines) is 1. The van der Waals surface area contributed by atoms with E-state index in [-0.39, 0.29) is 13.1 Å². The van der Waals surface area contributed by atoms with Gasteiger partial charge in [0.15, 0.2) is 0 Å². The van der Waals surface area contributed by atoms with Crippen LogP contribution >= 0.6 is 0 Å². The molecule has 1 aromatic rings. The monoisotopic (exact) mass is 326 g/mol. The summed E-state index contributed by atoms with van der Waals surface area (Å²) < 4.78 is 44.7. The van der Waals surface area contributed by atoms with E-state index in [2.05, 4.69) is 0 Å². The van der Waals surface area contributed by atoms with Crippen molar-refractivity contribution in [3.63, 3.8) is 0 Å². The van der Waals surface area contributed by atoms with Crippen molar-refractivity contribution in [1.82, 2.24) is 4.90 Å². The summed E-state index contributed by atoms with van der Waals surface area (Å²) in [5, 5.41) is 0. The third-order valence-corrected chi connectivity index (χ3v) is 4.30. The van der Waals surface area contributed by atoms with Crippen LogP contribution in [0, 0.1) is 11.8 Å². The largest absolute Gasteiger partial charge is 0.489 e. The van der Waals surface area contributed by atoms with Crippen LogP contribution in [0.3, 0.4) is 0 Å². The Kier molecular flexibility index (Phi) is 4.06. The van der Waals surface area contributed by atoms with Crippen LogP contribution in [0.2, 0.25) is 0 Å². The fraction of sp³-hybridized carbons (Fsp3) is 0.438. The van der Waals surface area contributed by atoms with Crippen LogP contribution in [0.15, 0.2) is 29.8 Å². The van der Waals surface area contributed by atoms with Gasteiger partial charge >= 0.3 is 6.18 Å². The van der Waals surface area contributed by atoms with Gasteiger partial charge in [0.05, 0.1) is 11.8 Å². The van der Waals surface area contributed by atoms with Crippen LogP contribution in [0.4, 0.5) is 13.2 Å².